The second-order valence-electron chi connectivity index (χ2n) is 7.05. The van der Waals surface area contributed by atoms with E-state index in [1.807, 2.05) is 31.2 Å². The van der Waals surface area contributed by atoms with Gasteiger partial charge in [-0.1, -0.05) is 54.0 Å². The van der Waals surface area contributed by atoms with Gasteiger partial charge in [0.1, 0.15) is 17.3 Å². The molecule has 0 saturated carbocycles. The van der Waals surface area contributed by atoms with E-state index in [1.165, 1.54) is 6.08 Å². The predicted octanol–water partition coefficient (Wildman–Crippen LogP) is 6.88. The van der Waals surface area contributed by atoms with Gasteiger partial charge in [0.2, 0.25) is 11.1 Å². The van der Waals surface area contributed by atoms with E-state index in [4.69, 9.17) is 27.6 Å². The number of carbonyl (C=O) groups excluding carboxylic acids is 1. The molecule has 0 aliphatic carbocycles. The molecule has 0 radical (unpaired) electrons. The lowest BCUT2D eigenvalue weighted by molar-refractivity contribution is -0.111. The average Bonchev–Trinajstić information content (AvgIpc) is 3.47. The maximum Gasteiger partial charge on any atom is 0.248 e. The Labute approximate surface area is 205 Å². The highest BCUT2D eigenvalue weighted by Gasteiger charge is 2.09. The molecule has 2 aromatic heterocycles. The van der Waals surface area contributed by atoms with Crippen LogP contribution >= 0.6 is 35.0 Å². The van der Waals surface area contributed by atoms with Crippen molar-refractivity contribution in [3.63, 3.8) is 0 Å². The maximum absolute atomic E-state index is 12.3. The van der Waals surface area contributed by atoms with E-state index in [-0.39, 0.29) is 5.91 Å². The van der Waals surface area contributed by atoms with Gasteiger partial charge in [0.15, 0.2) is 0 Å². The molecule has 2 aromatic carbocycles. The van der Waals surface area contributed by atoms with Crippen LogP contribution in [0.5, 0.6) is 0 Å². The highest BCUT2D eigenvalue weighted by atomic mass is 35.5. The molecule has 1 amide bonds. The smallest absolute Gasteiger partial charge is 0.248 e. The Morgan fingerprint density at radius 1 is 1.15 bits per heavy atom. The van der Waals surface area contributed by atoms with Gasteiger partial charge in [-0.15, -0.1) is 5.10 Å². The van der Waals surface area contributed by atoms with Crippen molar-refractivity contribution in [1.82, 2.24) is 15.2 Å². The molecule has 0 bridgehead atoms. The van der Waals surface area contributed by atoms with Gasteiger partial charge in [-0.05, 0) is 54.1 Å². The van der Waals surface area contributed by atoms with Crippen LogP contribution in [0.15, 0.2) is 70.2 Å². The molecule has 0 aliphatic heterocycles. The van der Waals surface area contributed by atoms with E-state index in [1.54, 1.807) is 48.2 Å². The zero-order valence-electron chi connectivity index (χ0n) is 17.6. The zero-order chi connectivity index (χ0) is 23.2. The van der Waals surface area contributed by atoms with Crippen LogP contribution in [0.1, 0.15) is 24.1 Å². The Bertz CT molecular complexity index is 1280. The molecule has 0 saturated heterocycles. The number of hydrogen-bond donors (Lipinski definition) is 2. The van der Waals surface area contributed by atoms with Crippen LogP contribution in [0.4, 0.5) is 5.69 Å². The number of nitrogens with zero attached hydrogens (tertiary/aromatic N) is 2. The van der Waals surface area contributed by atoms with E-state index in [0.29, 0.717) is 27.3 Å². The Morgan fingerprint density at radius 3 is 2.70 bits per heavy atom. The van der Waals surface area contributed by atoms with Gasteiger partial charge in [-0.2, -0.15) is 0 Å². The number of aryl methyl sites for hydroxylation is 1. The van der Waals surface area contributed by atoms with Crippen LogP contribution in [0.2, 0.25) is 10.0 Å². The highest BCUT2D eigenvalue weighted by molar-refractivity contribution is 7.98. The Balaban J connectivity index is 1.31. The first-order chi connectivity index (χ1) is 16.0. The molecule has 0 unspecified atom stereocenters. The third kappa shape index (κ3) is 6.28. The minimum Gasteiger partial charge on any atom is -0.457 e. The number of aromatic nitrogens is 3. The molecular formula is C24H20Cl2N4O2S. The van der Waals surface area contributed by atoms with Gasteiger partial charge < -0.3 is 9.73 Å². The molecule has 9 heteroatoms. The van der Waals surface area contributed by atoms with Crippen LogP contribution < -0.4 is 5.32 Å². The van der Waals surface area contributed by atoms with Crippen molar-refractivity contribution in [2.24, 2.45) is 0 Å². The van der Waals surface area contributed by atoms with Crippen LogP contribution in [0, 0.1) is 0 Å². The Morgan fingerprint density at radius 2 is 1.97 bits per heavy atom. The number of H-pyrrole nitrogens is 1. The van der Waals surface area contributed by atoms with E-state index in [0.717, 1.165) is 34.3 Å². The number of nitrogens with one attached hydrogen (secondary N) is 2. The third-order valence-corrected chi connectivity index (χ3v) is 6.12. The van der Waals surface area contributed by atoms with Crippen LogP contribution in [0.25, 0.3) is 17.4 Å². The number of furan rings is 1. The second kappa shape index (κ2) is 10.7. The monoisotopic (exact) mass is 498 g/mol. The number of thioether (sulfide) groups is 1. The summed E-state index contributed by atoms with van der Waals surface area (Å²) < 4.78 is 5.77. The summed E-state index contributed by atoms with van der Waals surface area (Å²) in [6.45, 7) is 2.03. The third-order valence-electron chi connectivity index (χ3n) is 4.66. The summed E-state index contributed by atoms with van der Waals surface area (Å²) in [6, 6.07) is 16.4. The summed E-state index contributed by atoms with van der Waals surface area (Å²) in [4.78, 5) is 16.7. The predicted molar refractivity (Wildman–Crippen MR) is 134 cm³/mol. The Kier molecular flexibility index (Phi) is 7.54. The summed E-state index contributed by atoms with van der Waals surface area (Å²) in [5.41, 5.74) is 2.55. The number of anilines is 1. The van der Waals surface area contributed by atoms with Crippen molar-refractivity contribution >= 4 is 52.6 Å². The summed E-state index contributed by atoms with van der Waals surface area (Å²) in [5.74, 6) is 2.50. The van der Waals surface area contributed by atoms with Gasteiger partial charge in [-0.3, -0.25) is 9.89 Å². The van der Waals surface area contributed by atoms with Crippen LogP contribution in [-0.4, -0.2) is 21.1 Å². The molecule has 168 valence electrons. The van der Waals surface area contributed by atoms with Crippen molar-refractivity contribution in [3.05, 3.63) is 87.9 Å². The summed E-state index contributed by atoms with van der Waals surface area (Å²) in [6.07, 6.45) is 3.85. The van der Waals surface area contributed by atoms with Crippen molar-refractivity contribution in [2.45, 2.75) is 24.3 Å². The van der Waals surface area contributed by atoms with Crippen molar-refractivity contribution in [1.29, 1.82) is 0 Å². The molecule has 2 heterocycles. The fraction of sp³-hybridized carbons (Fsp3) is 0.125. The maximum atomic E-state index is 12.3. The number of benzene rings is 2. The topological polar surface area (TPSA) is 83.8 Å². The molecule has 0 aliphatic rings. The molecule has 4 aromatic rings. The van der Waals surface area contributed by atoms with Gasteiger partial charge in [0.25, 0.3) is 0 Å². The fourth-order valence-electron chi connectivity index (χ4n) is 2.95. The molecule has 33 heavy (non-hydrogen) atoms. The van der Waals surface area contributed by atoms with Gasteiger partial charge in [0.05, 0.1) is 5.02 Å². The molecule has 4 rings (SSSR count). The minimum absolute atomic E-state index is 0.257. The second-order valence-corrected chi connectivity index (χ2v) is 8.84. The molecular weight excluding hydrogens is 479 g/mol. The lowest BCUT2D eigenvalue weighted by Gasteiger charge is -2.04. The van der Waals surface area contributed by atoms with Gasteiger partial charge in [0, 0.05) is 34.5 Å². The average molecular weight is 499 g/mol. The normalized spacial score (nSPS) is 11.2. The quantitative estimate of drug-likeness (QED) is 0.204. The van der Waals surface area contributed by atoms with Gasteiger partial charge in [-0.25, -0.2) is 4.98 Å². The molecule has 0 atom stereocenters. The summed E-state index contributed by atoms with van der Waals surface area (Å²) in [5, 5.41) is 11.7. The summed E-state index contributed by atoms with van der Waals surface area (Å²) in [7, 11) is 0. The van der Waals surface area contributed by atoms with Crippen LogP contribution in [0.3, 0.4) is 0 Å². The van der Waals surface area contributed by atoms with E-state index in [2.05, 4.69) is 20.5 Å². The molecule has 0 fully saturated rings. The zero-order valence-corrected chi connectivity index (χ0v) is 20.0. The van der Waals surface area contributed by atoms with Gasteiger partial charge >= 0.3 is 0 Å². The van der Waals surface area contributed by atoms with Crippen LogP contribution in [-0.2, 0) is 17.0 Å². The standard InChI is InChI=1S/C24H20Cl2N4O2S/c1-2-22-28-24(30-29-22)33-14-15-3-6-17(7-4-15)27-23(31)12-9-18-8-11-21(32-18)19-10-5-16(25)13-20(19)26/h3-13H,2,14H2,1H3,(H,27,31)(H,28,29,30)/b12-9+. The SMILES string of the molecule is CCc1nc(SCc2ccc(NC(=O)/C=C/c3ccc(-c4ccc(Cl)cc4Cl)o3)cc2)n[nH]1. The van der Waals surface area contributed by atoms with Crippen molar-refractivity contribution < 1.29 is 9.21 Å². The first-order valence-electron chi connectivity index (χ1n) is 10.2. The highest BCUT2D eigenvalue weighted by Crippen LogP contribution is 2.31. The number of carbonyl (C=O) groups is 1. The molecule has 2 N–H and O–H groups in total. The number of halogens is 2. The number of aromatic amines is 1. The Hall–Kier alpha value is -3.00. The van der Waals surface area contributed by atoms with E-state index in [9.17, 15) is 4.79 Å². The number of amides is 1. The fourth-order valence-corrected chi connectivity index (χ4v) is 4.23. The number of rotatable bonds is 8. The lowest BCUT2D eigenvalue weighted by Crippen LogP contribution is -2.07. The first-order valence-corrected chi connectivity index (χ1v) is 11.9. The molecule has 0 spiro atoms. The first kappa shape index (κ1) is 23.2. The largest absolute Gasteiger partial charge is 0.457 e. The van der Waals surface area contributed by atoms with E-state index >= 15 is 0 Å². The minimum atomic E-state index is -0.257. The molecule has 6 nitrogen and oxygen atoms in total. The van der Waals surface area contributed by atoms with Crippen molar-refractivity contribution in [2.75, 3.05) is 5.32 Å². The van der Waals surface area contributed by atoms with Crippen molar-refractivity contribution in [3.8, 4) is 11.3 Å². The van der Waals surface area contributed by atoms with E-state index < -0.39 is 0 Å². The summed E-state index contributed by atoms with van der Waals surface area (Å²) >= 11 is 13.7. The lowest BCUT2D eigenvalue weighted by atomic mass is 10.2. The number of hydrogen-bond acceptors (Lipinski definition) is 5.